The summed E-state index contributed by atoms with van der Waals surface area (Å²) in [5.41, 5.74) is 5.86. The van der Waals surface area contributed by atoms with E-state index in [1.54, 1.807) is 7.11 Å². The maximum atomic E-state index is 5.86. The maximum Gasteiger partial charge on any atom is 0.228 e. The molecule has 1 aliphatic heterocycles. The number of ether oxygens (including phenoxy) is 2. The second-order valence-electron chi connectivity index (χ2n) is 4.72. The number of hydrogen-bond donors (Lipinski definition) is 1. The molecule has 108 valence electrons. The van der Waals surface area contributed by atoms with Crippen LogP contribution in [0.1, 0.15) is 24.7 Å². The van der Waals surface area contributed by atoms with E-state index in [1.165, 1.54) is 0 Å². The summed E-state index contributed by atoms with van der Waals surface area (Å²) in [6.45, 7) is 6.07. The molecular formula is C12H22N4O3. The summed E-state index contributed by atoms with van der Waals surface area (Å²) in [5.74, 6) is 1.15. The first-order valence-corrected chi connectivity index (χ1v) is 6.63. The molecule has 1 aliphatic rings. The van der Waals surface area contributed by atoms with E-state index in [-0.39, 0.29) is 12.1 Å². The van der Waals surface area contributed by atoms with Crippen LogP contribution in [0.15, 0.2) is 4.52 Å². The van der Waals surface area contributed by atoms with Gasteiger partial charge in [-0.15, -0.1) is 0 Å². The quantitative estimate of drug-likeness (QED) is 0.777. The first kappa shape index (κ1) is 14.4. The van der Waals surface area contributed by atoms with Crippen molar-refractivity contribution in [2.45, 2.75) is 25.5 Å². The highest BCUT2D eigenvalue weighted by Crippen LogP contribution is 2.19. The van der Waals surface area contributed by atoms with Crippen molar-refractivity contribution in [1.29, 1.82) is 0 Å². The van der Waals surface area contributed by atoms with Crippen molar-refractivity contribution >= 4 is 0 Å². The Morgan fingerprint density at radius 2 is 2.42 bits per heavy atom. The first-order valence-electron chi connectivity index (χ1n) is 6.63. The molecule has 7 heteroatoms. The lowest BCUT2D eigenvalue weighted by Crippen LogP contribution is -2.38. The fourth-order valence-electron chi connectivity index (χ4n) is 2.12. The fraction of sp³-hybridized carbons (Fsp3) is 0.833. The van der Waals surface area contributed by atoms with E-state index in [0.717, 1.165) is 19.6 Å². The van der Waals surface area contributed by atoms with Gasteiger partial charge in [-0.3, -0.25) is 4.90 Å². The van der Waals surface area contributed by atoms with Crippen LogP contribution in [0.4, 0.5) is 0 Å². The van der Waals surface area contributed by atoms with Crippen molar-refractivity contribution in [3.8, 4) is 0 Å². The van der Waals surface area contributed by atoms with Gasteiger partial charge in [-0.05, 0) is 6.54 Å². The summed E-state index contributed by atoms with van der Waals surface area (Å²) in [6.07, 6.45) is 0.412. The average molecular weight is 270 g/mol. The number of nitrogens with two attached hydrogens (primary N) is 1. The third kappa shape index (κ3) is 3.97. The van der Waals surface area contributed by atoms with E-state index in [9.17, 15) is 0 Å². The lowest BCUT2D eigenvalue weighted by atomic mass is 10.2. The molecule has 0 saturated carbocycles. The Kier molecular flexibility index (Phi) is 5.26. The molecule has 2 atom stereocenters. The van der Waals surface area contributed by atoms with Crippen LogP contribution in [0.3, 0.4) is 0 Å². The standard InChI is InChI=1S/C12H22N4O3/c1-3-16-4-5-18-10(7-16)12-14-11(19-15-12)6-9(13)8-17-2/h9-10H,3-8,13H2,1-2H3. The lowest BCUT2D eigenvalue weighted by molar-refractivity contribution is -0.0334. The predicted octanol–water partition coefficient (Wildman–Crippen LogP) is -0.0210. The zero-order chi connectivity index (χ0) is 13.7. The van der Waals surface area contributed by atoms with E-state index in [4.69, 9.17) is 19.7 Å². The molecule has 0 aromatic carbocycles. The summed E-state index contributed by atoms with van der Waals surface area (Å²) in [6, 6.07) is -0.127. The summed E-state index contributed by atoms with van der Waals surface area (Å²) < 4.78 is 15.9. The van der Waals surface area contributed by atoms with Gasteiger partial charge in [0, 0.05) is 32.7 Å². The summed E-state index contributed by atoms with van der Waals surface area (Å²) in [4.78, 5) is 6.67. The Morgan fingerprint density at radius 3 is 3.16 bits per heavy atom. The van der Waals surface area contributed by atoms with Gasteiger partial charge in [0.25, 0.3) is 0 Å². The normalized spacial score (nSPS) is 22.6. The van der Waals surface area contributed by atoms with Crippen molar-refractivity contribution < 1.29 is 14.0 Å². The van der Waals surface area contributed by atoms with E-state index in [0.29, 0.717) is 31.3 Å². The number of rotatable bonds is 6. The van der Waals surface area contributed by atoms with E-state index >= 15 is 0 Å². The Labute approximate surface area is 113 Å². The lowest BCUT2D eigenvalue weighted by Gasteiger charge is -2.30. The average Bonchev–Trinajstić information content (AvgIpc) is 2.87. The number of likely N-dealkylation sites (N-methyl/N-ethyl adjacent to an activating group) is 1. The monoisotopic (exact) mass is 270 g/mol. The van der Waals surface area contributed by atoms with Crippen LogP contribution >= 0.6 is 0 Å². The fourth-order valence-corrected chi connectivity index (χ4v) is 2.12. The molecule has 1 aromatic heterocycles. The van der Waals surface area contributed by atoms with E-state index in [1.807, 2.05) is 0 Å². The third-order valence-corrected chi connectivity index (χ3v) is 3.19. The molecule has 2 N–H and O–H groups in total. The number of nitrogens with zero attached hydrogens (tertiary/aromatic N) is 3. The Balaban J connectivity index is 1.92. The molecule has 1 saturated heterocycles. The molecule has 2 heterocycles. The molecule has 2 rings (SSSR count). The van der Waals surface area contributed by atoms with Crippen LogP contribution in [-0.4, -0.2) is 61.0 Å². The van der Waals surface area contributed by atoms with Gasteiger partial charge in [0.1, 0.15) is 6.10 Å². The number of aromatic nitrogens is 2. The summed E-state index contributed by atoms with van der Waals surface area (Å²) >= 11 is 0. The van der Waals surface area contributed by atoms with Crippen molar-refractivity contribution in [3.63, 3.8) is 0 Å². The third-order valence-electron chi connectivity index (χ3n) is 3.19. The van der Waals surface area contributed by atoms with Crippen LogP contribution in [0.2, 0.25) is 0 Å². The van der Waals surface area contributed by atoms with Gasteiger partial charge in [0.2, 0.25) is 11.7 Å². The van der Waals surface area contributed by atoms with Crippen LogP contribution in [0.5, 0.6) is 0 Å². The van der Waals surface area contributed by atoms with Crippen LogP contribution in [0.25, 0.3) is 0 Å². The number of morpholine rings is 1. The van der Waals surface area contributed by atoms with Gasteiger partial charge >= 0.3 is 0 Å². The molecule has 1 fully saturated rings. The van der Waals surface area contributed by atoms with E-state index < -0.39 is 0 Å². The van der Waals surface area contributed by atoms with Crippen molar-refractivity contribution in [2.24, 2.45) is 5.73 Å². The van der Waals surface area contributed by atoms with Crippen molar-refractivity contribution in [3.05, 3.63) is 11.7 Å². The smallest absolute Gasteiger partial charge is 0.228 e. The molecule has 2 unspecified atom stereocenters. The largest absolute Gasteiger partial charge is 0.383 e. The molecule has 0 spiro atoms. The van der Waals surface area contributed by atoms with Crippen LogP contribution in [0, 0.1) is 0 Å². The number of methoxy groups -OCH3 is 1. The van der Waals surface area contributed by atoms with Gasteiger partial charge in [0.05, 0.1) is 13.2 Å². The van der Waals surface area contributed by atoms with Crippen molar-refractivity contribution in [2.75, 3.05) is 40.0 Å². The minimum Gasteiger partial charge on any atom is -0.383 e. The molecule has 0 radical (unpaired) electrons. The van der Waals surface area contributed by atoms with Gasteiger partial charge in [0.15, 0.2) is 0 Å². The Morgan fingerprint density at radius 1 is 1.58 bits per heavy atom. The Hall–Kier alpha value is -1.02. The van der Waals surface area contributed by atoms with Crippen LogP contribution in [-0.2, 0) is 15.9 Å². The first-order chi connectivity index (χ1) is 9.22. The molecular weight excluding hydrogens is 248 g/mol. The second-order valence-corrected chi connectivity index (χ2v) is 4.72. The highest BCUT2D eigenvalue weighted by atomic mass is 16.5. The van der Waals surface area contributed by atoms with Gasteiger partial charge < -0.3 is 19.7 Å². The highest BCUT2D eigenvalue weighted by molar-refractivity contribution is 4.95. The Bertz CT molecular complexity index is 385. The predicted molar refractivity (Wildman–Crippen MR) is 68.7 cm³/mol. The summed E-state index contributed by atoms with van der Waals surface area (Å²) in [5, 5.41) is 3.99. The molecule has 0 bridgehead atoms. The zero-order valence-electron chi connectivity index (χ0n) is 11.5. The summed E-state index contributed by atoms with van der Waals surface area (Å²) in [7, 11) is 1.62. The SMILES string of the molecule is CCN1CCOC(c2noc(CC(N)COC)n2)C1. The minimum absolute atomic E-state index is 0.107. The molecule has 1 aromatic rings. The second kappa shape index (κ2) is 6.95. The van der Waals surface area contributed by atoms with Gasteiger partial charge in [-0.1, -0.05) is 12.1 Å². The van der Waals surface area contributed by atoms with Crippen LogP contribution < -0.4 is 5.73 Å². The molecule has 0 aliphatic carbocycles. The minimum atomic E-state index is -0.127. The van der Waals surface area contributed by atoms with Gasteiger partial charge in [-0.25, -0.2) is 0 Å². The molecule has 7 nitrogen and oxygen atoms in total. The zero-order valence-corrected chi connectivity index (χ0v) is 11.5. The highest BCUT2D eigenvalue weighted by Gasteiger charge is 2.25. The topological polar surface area (TPSA) is 86.6 Å². The van der Waals surface area contributed by atoms with Crippen molar-refractivity contribution in [1.82, 2.24) is 15.0 Å². The molecule has 0 amide bonds. The molecule has 19 heavy (non-hydrogen) atoms. The van der Waals surface area contributed by atoms with Gasteiger partial charge in [-0.2, -0.15) is 4.98 Å². The maximum absolute atomic E-state index is 5.86. The van der Waals surface area contributed by atoms with E-state index in [2.05, 4.69) is 22.0 Å². The number of hydrogen-bond acceptors (Lipinski definition) is 7.